The number of aromatic nitrogens is 3. The molecule has 0 saturated heterocycles. The van der Waals surface area contributed by atoms with Crippen LogP contribution in [0.15, 0.2) is 51.8 Å². The fourth-order valence-corrected chi connectivity index (χ4v) is 3.51. The Labute approximate surface area is 164 Å². The Morgan fingerprint density at radius 3 is 2.83 bits per heavy atom. The zero-order valence-electron chi connectivity index (χ0n) is 15.6. The van der Waals surface area contributed by atoms with E-state index >= 15 is 0 Å². The number of hydrogen-bond acceptors (Lipinski definition) is 7. The lowest BCUT2D eigenvalue weighted by atomic mass is 10.1. The molecule has 3 heterocycles. The Hall–Kier alpha value is -3.81. The lowest BCUT2D eigenvalue weighted by Crippen LogP contribution is -2.22. The number of aryl methyl sites for hydroxylation is 1. The summed E-state index contributed by atoms with van der Waals surface area (Å²) in [5, 5.41) is 15.3. The topological polar surface area (TPSA) is 99.6 Å². The van der Waals surface area contributed by atoms with Crippen LogP contribution in [0.25, 0.3) is 33.7 Å². The van der Waals surface area contributed by atoms with E-state index in [-0.39, 0.29) is 35.4 Å². The van der Waals surface area contributed by atoms with Crippen molar-refractivity contribution in [3.8, 4) is 40.1 Å². The van der Waals surface area contributed by atoms with Gasteiger partial charge in [-0.25, -0.2) is 0 Å². The van der Waals surface area contributed by atoms with Gasteiger partial charge in [-0.05, 0) is 36.8 Å². The normalized spacial score (nSPS) is 12.6. The summed E-state index contributed by atoms with van der Waals surface area (Å²) in [5.74, 6) is 1.32. The van der Waals surface area contributed by atoms with E-state index in [9.17, 15) is 9.90 Å². The molecule has 0 unspecified atom stereocenters. The van der Waals surface area contributed by atoms with E-state index in [1.54, 1.807) is 34.9 Å². The summed E-state index contributed by atoms with van der Waals surface area (Å²) in [4.78, 5) is 17.5. The highest BCUT2D eigenvalue weighted by Gasteiger charge is 2.23. The van der Waals surface area contributed by atoms with Gasteiger partial charge in [0, 0.05) is 17.5 Å². The molecule has 0 spiro atoms. The number of rotatable bonds is 4. The highest BCUT2D eigenvalue weighted by Crippen LogP contribution is 2.37. The average molecular weight is 391 g/mol. The van der Waals surface area contributed by atoms with E-state index in [1.165, 1.54) is 0 Å². The highest BCUT2D eigenvalue weighted by atomic mass is 16.7. The van der Waals surface area contributed by atoms with Gasteiger partial charge in [-0.2, -0.15) is 4.98 Å². The van der Waals surface area contributed by atoms with Crippen molar-refractivity contribution >= 4 is 10.9 Å². The van der Waals surface area contributed by atoms with Gasteiger partial charge in [0.2, 0.25) is 12.6 Å². The molecular formula is C21H17N3O5. The van der Waals surface area contributed by atoms with Crippen LogP contribution in [0.3, 0.4) is 0 Å². The van der Waals surface area contributed by atoms with Crippen LogP contribution in [-0.2, 0) is 6.54 Å². The molecule has 0 saturated carbocycles. The maximum Gasteiger partial charge on any atom is 0.267 e. The molecule has 5 rings (SSSR count). The number of ether oxygens (including phenoxy) is 2. The van der Waals surface area contributed by atoms with Gasteiger partial charge in [0.25, 0.3) is 11.4 Å². The van der Waals surface area contributed by atoms with Crippen molar-refractivity contribution in [2.24, 2.45) is 0 Å². The standard InChI is InChI=1S/C21H17N3O5/c1-2-9-24-14-6-4-3-5-13(14)18(25)17(21(24)26)20-22-19(23-29-20)12-7-8-15-16(10-12)28-11-27-15/h3-8,10,25H,2,9,11H2,1H3. The predicted octanol–water partition coefficient (Wildman–Crippen LogP) is 3.56. The summed E-state index contributed by atoms with van der Waals surface area (Å²) in [6.45, 7) is 2.66. The van der Waals surface area contributed by atoms with Crippen molar-refractivity contribution in [3.63, 3.8) is 0 Å². The van der Waals surface area contributed by atoms with Crippen LogP contribution in [-0.4, -0.2) is 26.6 Å². The minimum Gasteiger partial charge on any atom is -0.506 e. The lowest BCUT2D eigenvalue weighted by Gasteiger charge is -2.12. The Bertz CT molecular complexity index is 1290. The largest absolute Gasteiger partial charge is 0.506 e. The fraction of sp³-hybridized carbons (Fsp3) is 0.190. The molecule has 1 N–H and O–H groups in total. The molecule has 0 bridgehead atoms. The molecule has 2 aromatic heterocycles. The number of pyridine rings is 1. The Kier molecular flexibility index (Phi) is 3.97. The first-order valence-corrected chi connectivity index (χ1v) is 9.26. The second-order valence-corrected chi connectivity index (χ2v) is 6.69. The van der Waals surface area contributed by atoms with Crippen LogP contribution in [0.2, 0.25) is 0 Å². The maximum absolute atomic E-state index is 13.1. The number of hydrogen-bond donors (Lipinski definition) is 1. The zero-order chi connectivity index (χ0) is 20.0. The molecule has 8 nitrogen and oxygen atoms in total. The summed E-state index contributed by atoms with van der Waals surface area (Å²) in [6, 6.07) is 12.5. The minimum atomic E-state index is -0.371. The summed E-state index contributed by atoms with van der Waals surface area (Å²) in [7, 11) is 0. The van der Waals surface area contributed by atoms with E-state index < -0.39 is 0 Å². The monoisotopic (exact) mass is 391 g/mol. The molecule has 0 atom stereocenters. The second kappa shape index (κ2) is 6.66. The summed E-state index contributed by atoms with van der Waals surface area (Å²) in [6.07, 6.45) is 0.764. The highest BCUT2D eigenvalue weighted by molar-refractivity contribution is 5.91. The van der Waals surface area contributed by atoms with Crippen LogP contribution in [0.1, 0.15) is 13.3 Å². The second-order valence-electron chi connectivity index (χ2n) is 6.69. The van der Waals surface area contributed by atoms with Crippen molar-refractivity contribution in [1.82, 2.24) is 14.7 Å². The van der Waals surface area contributed by atoms with E-state index in [0.29, 0.717) is 34.5 Å². The van der Waals surface area contributed by atoms with Crippen LogP contribution < -0.4 is 15.0 Å². The molecule has 8 heteroatoms. The molecule has 2 aromatic carbocycles. The zero-order valence-corrected chi connectivity index (χ0v) is 15.6. The third-order valence-corrected chi connectivity index (χ3v) is 4.86. The van der Waals surface area contributed by atoms with Crippen molar-refractivity contribution in [3.05, 3.63) is 52.8 Å². The number of nitrogens with zero attached hydrogens (tertiary/aromatic N) is 3. The first-order valence-electron chi connectivity index (χ1n) is 9.26. The smallest absolute Gasteiger partial charge is 0.267 e. The van der Waals surface area contributed by atoms with Crippen LogP contribution in [0.4, 0.5) is 0 Å². The number of benzene rings is 2. The van der Waals surface area contributed by atoms with E-state index in [2.05, 4.69) is 10.1 Å². The number of para-hydroxylation sites is 1. The molecular weight excluding hydrogens is 374 g/mol. The average Bonchev–Trinajstić information content (AvgIpc) is 3.40. The molecule has 1 aliphatic rings. The SMILES string of the molecule is CCCn1c(=O)c(-c2nc(-c3ccc4c(c3)OCO4)no2)c(O)c2ccccc21. The third-order valence-electron chi connectivity index (χ3n) is 4.86. The number of aromatic hydroxyl groups is 1. The van der Waals surface area contributed by atoms with Gasteiger partial charge in [-0.15, -0.1) is 0 Å². The van der Waals surface area contributed by atoms with Gasteiger partial charge >= 0.3 is 0 Å². The molecule has 0 radical (unpaired) electrons. The van der Waals surface area contributed by atoms with Crippen LogP contribution in [0, 0.1) is 0 Å². The van der Waals surface area contributed by atoms with Gasteiger partial charge in [-0.3, -0.25) is 4.79 Å². The molecule has 0 amide bonds. The molecule has 29 heavy (non-hydrogen) atoms. The molecule has 4 aromatic rings. The summed E-state index contributed by atoms with van der Waals surface area (Å²) in [5.41, 5.74) is 0.940. The summed E-state index contributed by atoms with van der Waals surface area (Å²) >= 11 is 0. The van der Waals surface area contributed by atoms with Crippen molar-refractivity contribution in [2.75, 3.05) is 6.79 Å². The molecule has 0 aliphatic carbocycles. The third kappa shape index (κ3) is 2.72. The van der Waals surface area contributed by atoms with Crippen molar-refractivity contribution < 1.29 is 19.1 Å². The van der Waals surface area contributed by atoms with E-state index in [1.807, 2.05) is 19.1 Å². The molecule has 0 fully saturated rings. The van der Waals surface area contributed by atoms with E-state index in [0.717, 1.165) is 6.42 Å². The number of fused-ring (bicyclic) bond motifs is 2. The molecule has 146 valence electrons. The van der Waals surface area contributed by atoms with Gasteiger partial charge in [0.05, 0.1) is 5.52 Å². The van der Waals surface area contributed by atoms with Crippen LogP contribution in [0.5, 0.6) is 17.2 Å². The Balaban J connectivity index is 1.66. The van der Waals surface area contributed by atoms with Crippen molar-refractivity contribution in [1.29, 1.82) is 0 Å². The van der Waals surface area contributed by atoms with Gasteiger partial charge in [0.15, 0.2) is 11.5 Å². The molecule has 1 aliphatic heterocycles. The van der Waals surface area contributed by atoms with Gasteiger partial charge < -0.3 is 23.7 Å². The van der Waals surface area contributed by atoms with Crippen molar-refractivity contribution in [2.45, 2.75) is 19.9 Å². The lowest BCUT2D eigenvalue weighted by molar-refractivity contribution is 0.174. The predicted molar refractivity (Wildman–Crippen MR) is 105 cm³/mol. The van der Waals surface area contributed by atoms with Gasteiger partial charge in [-0.1, -0.05) is 24.2 Å². The Morgan fingerprint density at radius 2 is 1.97 bits per heavy atom. The van der Waals surface area contributed by atoms with Gasteiger partial charge in [0.1, 0.15) is 11.3 Å². The quantitative estimate of drug-likeness (QED) is 0.568. The first-order chi connectivity index (χ1) is 14.2. The maximum atomic E-state index is 13.1. The van der Waals surface area contributed by atoms with E-state index in [4.69, 9.17) is 14.0 Å². The minimum absolute atomic E-state index is 0.00311. The fourth-order valence-electron chi connectivity index (χ4n) is 3.51. The first kappa shape index (κ1) is 17.3. The van der Waals surface area contributed by atoms with Crippen LogP contribution >= 0.6 is 0 Å². The summed E-state index contributed by atoms with van der Waals surface area (Å²) < 4.78 is 17.7. The Morgan fingerprint density at radius 1 is 1.14 bits per heavy atom.